The standard InChI is InChI=1S/C15H16N4O5S/c1-24-12-4-6-13(7-5-12)25(22,23)18-9-11(10-18)17-14-3-2-8-16-15(14)19(20)21/h2-8,11,17H,9-10H2,1H3. The summed E-state index contributed by atoms with van der Waals surface area (Å²) in [4.78, 5) is 14.3. The van der Waals surface area contributed by atoms with Crippen LogP contribution in [0.25, 0.3) is 0 Å². The largest absolute Gasteiger partial charge is 0.497 e. The smallest absolute Gasteiger partial charge is 0.386 e. The molecule has 0 bridgehead atoms. The third kappa shape index (κ3) is 3.39. The maximum atomic E-state index is 12.5. The molecule has 1 N–H and O–H groups in total. The second kappa shape index (κ2) is 6.65. The molecule has 0 amide bonds. The summed E-state index contributed by atoms with van der Waals surface area (Å²) in [7, 11) is -2.08. The van der Waals surface area contributed by atoms with Crippen LogP contribution in [0.3, 0.4) is 0 Å². The van der Waals surface area contributed by atoms with Gasteiger partial charge in [-0.15, -0.1) is 0 Å². The highest BCUT2D eigenvalue weighted by Gasteiger charge is 2.37. The number of hydrogen-bond acceptors (Lipinski definition) is 7. The Bertz CT molecular complexity index is 879. The number of anilines is 1. The van der Waals surface area contributed by atoms with Crippen molar-refractivity contribution in [1.29, 1.82) is 0 Å². The Morgan fingerprint density at radius 3 is 2.56 bits per heavy atom. The van der Waals surface area contributed by atoms with Crippen molar-refractivity contribution in [3.05, 3.63) is 52.7 Å². The van der Waals surface area contributed by atoms with Crippen LogP contribution in [0, 0.1) is 10.1 Å². The lowest BCUT2D eigenvalue weighted by molar-refractivity contribution is -0.388. The lowest BCUT2D eigenvalue weighted by Crippen LogP contribution is -2.56. The van der Waals surface area contributed by atoms with Crippen molar-refractivity contribution in [1.82, 2.24) is 9.29 Å². The molecule has 3 rings (SSSR count). The van der Waals surface area contributed by atoms with Gasteiger partial charge in [-0.25, -0.2) is 8.42 Å². The molecule has 1 aromatic carbocycles. The van der Waals surface area contributed by atoms with Crippen LogP contribution in [0.15, 0.2) is 47.5 Å². The minimum atomic E-state index is -3.59. The summed E-state index contributed by atoms with van der Waals surface area (Å²) in [6, 6.07) is 9.06. The van der Waals surface area contributed by atoms with Gasteiger partial charge in [0.1, 0.15) is 17.6 Å². The van der Waals surface area contributed by atoms with E-state index in [-0.39, 0.29) is 35.5 Å². The second-order valence-electron chi connectivity index (χ2n) is 5.47. The van der Waals surface area contributed by atoms with Gasteiger partial charge in [0.15, 0.2) is 0 Å². The number of rotatable bonds is 6. The van der Waals surface area contributed by atoms with Gasteiger partial charge in [-0.3, -0.25) is 0 Å². The molecule has 0 unspecified atom stereocenters. The molecule has 0 atom stereocenters. The molecule has 10 heteroatoms. The van der Waals surface area contributed by atoms with E-state index in [1.165, 1.54) is 29.7 Å². The van der Waals surface area contributed by atoms with Crippen molar-refractivity contribution in [2.45, 2.75) is 10.9 Å². The molecule has 1 aliphatic heterocycles. The number of nitrogens with zero attached hydrogens (tertiary/aromatic N) is 3. The number of methoxy groups -OCH3 is 1. The predicted octanol–water partition coefficient (Wildman–Crippen LogP) is 1.48. The van der Waals surface area contributed by atoms with Crippen molar-refractivity contribution >= 4 is 21.5 Å². The quantitative estimate of drug-likeness (QED) is 0.610. The molecule has 1 aliphatic rings. The first-order chi connectivity index (χ1) is 11.9. The normalized spacial score (nSPS) is 15.4. The van der Waals surface area contributed by atoms with Crippen LogP contribution < -0.4 is 10.1 Å². The fraction of sp³-hybridized carbons (Fsp3) is 0.267. The first-order valence-corrected chi connectivity index (χ1v) is 8.86. The highest BCUT2D eigenvalue weighted by Crippen LogP contribution is 2.27. The first-order valence-electron chi connectivity index (χ1n) is 7.42. The van der Waals surface area contributed by atoms with E-state index in [2.05, 4.69) is 10.3 Å². The molecule has 1 fully saturated rings. The van der Waals surface area contributed by atoms with Gasteiger partial charge in [0.25, 0.3) is 0 Å². The highest BCUT2D eigenvalue weighted by molar-refractivity contribution is 7.89. The summed E-state index contributed by atoms with van der Waals surface area (Å²) < 4.78 is 31.4. The molecule has 25 heavy (non-hydrogen) atoms. The van der Waals surface area contributed by atoms with Crippen LogP contribution in [-0.4, -0.2) is 48.9 Å². The molecular weight excluding hydrogens is 348 g/mol. The summed E-state index contributed by atoms with van der Waals surface area (Å²) in [5, 5.41) is 13.9. The van der Waals surface area contributed by atoms with E-state index in [1.807, 2.05) is 0 Å². The molecule has 2 heterocycles. The molecule has 0 radical (unpaired) electrons. The minimum absolute atomic E-state index is 0.180. The van der Waals surface area contributed by atoms with Crippen molar-refractivity contribution in [3.8, 4) is 5.75 Å². The van der Waals surface area contributed by atoms with Crippen LogP contribution in [0.2, 0.25) is 0 Å². The Kier molecular flexibility index (Phi) is 4.55. The number of sulfonamides is 1. The van der Waals surface area contributed by atoms with Crippen LogP contribution >= 0.6 is 0 Å². The molecule has 9 nitrogen and oxygen atoms in total. The third-order valence-corrected chi connectivity index (χ3v) is 5.71. The van der Waals surface area contributed by atoms with Gasteiger partial charge >= 0.3 is 5.82 Å². The Morgan fingerprint density at radius 1 is 1.28 bits per heavy atom. The average molecular weight is 364 g/mol. The topological polar surface area (TPSA) is 115 Å². The van der Waals surface area contributed by atoms with Gasteiger partial charge in [0, 0.05) is 13.1 Å². The second-order valence-corrected chi connectivity index (χ2v) is 7.41. The van der Waals surface area contributed by atoms with Crippen molar-refractivity contribution < 1.29 is 18.1 Å². The number of aromatic nitrogens is 1. The van der Waals surface area contributed by atoms with Crippen LogP contribution in [-0.2, 0) is 10.0 Å². The van der Waals surface area contributed by atoms with E-state index < -0.39 is 14.9 Å². The molecular formula is C15H16N4O5S. The minimum Gasteiger partial charge on any atom is -0.497 e. The highest BCUT2D eigenvalue weighted by atomic mass is 32.2. The van der Waals surface area contributed by atoms with Gasteiger partial charge in [0.05, 0.1) is 18.0 Å². The van der Waals surface area contributed by atoms with Gasteiger partial charge in [-0.05, 0) is 46.3 Å². The Morgan fingerprint density at radius 2 is 1.96 bits per heavy atom. The molecule has 1 aromatic heterocycles. The Hall–Kier alpha value is -2.72. The zero-order valence-corrected chi connectivity index (χ0v) is 14.1. The van der Waals surface area contributed by atoms with Gasteiger partial charge in [-0.2, -0.15) is 4.31 Å². The zero-order chi connectivity index (χ0) is 18.0. The van der Waals surface area contributed by atoms with E-state index >= 15 is 0 Å². The third-order valence-electron chi connectivity index (χ3n) is 3.86. The SMILES string of the molecule is COc1ccc(S(=O)(=O)N2CC(Nc3cccnc3[N+](=O)[O-])C2)cc1. The first kappa shape index (κ1) is 17.1. The lowest BCUT2D eigenvalue weighted by Gasteiger charge is -2.38. The number of nitro groups is 1. The number of ether oxygens (including phenoxy) is 1. The molecule has 0 aliphatic carbocycles. The molecule has 1 saturated heterocycles. The monoisotopic (exact) mass is 364 g/mol. The number of hydrogen-bond donors (Lipinski definition) is 1. The number of pyridine rings is 1. The molecule has 0 spiro atoms. The summed E-state index contributed by atoms with van der Waals surface area (Å²) in [5.74, 6) is 0.296. The van der Waals surface area contributed by atoms with Gasteiger partial charge in [-0.1, -0.05) is 0 Å². The predicted molar refractivity (Wildman–Crippen MR) is 90.1 cm³/mol. The molecule has 0 saturated carbocycles. The van der Waals surface area contributed by atoms with Crippen LogP contribution in [0.4, 0.5) is 11.5 Å². The zero-order valence-electron chi connectivity index (χ0n) is 13.3. The van der Waals surface area contributed by atoms with Gasteiger partial charge in [0.2, 0.25) is 10.0 Å². The summed E-state index contributed by atoms with van der Waals surface area (Å²) >= 11 is 0. The fourth-order valence-electron chi connectivity index (χ4n) is 2.50. The summed E-state index contributed by atoms with van der Waals surface area (Å²) in [5.41, 5.74) is 0.277. The Labute approximate surface area is 144 Å². The van der Waals surface area contributed by atoms with E-state index in [4.69, 9.17) is 4.74 Å². The Balaban J connectivity index is 1.66. The summed E-state index contributed by atoms with van der Waals surface area (Å²) in [6.07, 6.45) is 1.34. The van der Waals surface area contributed by atoms with Crippen molar-refractivity contribution in [2.75, 3.05) is 25.5 Å². The van der Waals surface area contributed by atoms with Crippen LogP contribution in [0.5, 0.6) is 5.75 Å². The number of nitrogens with one attached hydrogen (secondary N) is 1. The molecule has 132 valence electrons. The summed E-state index contributed by atoms with van der Waals surface area (Å²) in [6.45, 7) is 0.445. The van der Waals surface area contributed by atoms with E-state index in [0.29, 0.717) is 5.75 Å². The van der Waals surface area contributed by atoms with Crippen molar-refractivity contribution in [3.63, 3.8) is 0 Å². The maximum Gasteiger partial charge on any atom is 0.386 e. The molecule has 2 aromatic rings. The number of benzene rings is 1. The van der Waals surface area contributed by atoms with Gasteiger partial charge < -0.3 is 20.2 Å². The fourth-order valence-corrected chi connectivity index (χ4v) is 4.03. The lowest BCUT2D eigenvalue weighted by atomic mass is 10.1. The maximum absolute atomic E-state index is 12.5. The van der Waals surface area contributed by atoms with Crippen LogP contribution in [0.1, 0.15) is 0 Å². The van der Waals surface area contributed by atoms with E-state index in [0.717, 1.165) is 0 Å². The van der Waals surface area contributed by atoms with E-state index in [9.17, 15) is 18.5 Å². The van der Waals surface area contributed by atoms with Crippen molar-refractivity contribution in [2.24, 2.45) is 0 Å². The average Bonchev–Trinajstić information content (AvgIpc) is 2.57. The van der Waals surface area contributed by atoms with E-state index in [1.54, 1.807) is 24.3 Å².